The van der Waals surface area contributed by atoms with Crippen LogP contribution in [-0.4, -0.2) is 46.9 Å². The molecule has 31 heavy (non-hydrogen) atoms. The van der Waals surface area contributed by atoms with Crippen molar-refractivity contribution in [3.8, 4) is 11.5 Å². The zero-order valence-corrected chi connectivity index (χ0v) is 17.5. The summed E-state index contributed by atoms with van der Waals surface area (Å²) in [5, 5.41) is 3.04. The maximum absolute atomic E-state index is 12.9. The molecule has 3 aromatic rings. The number of imidazole rings is 1. The molecular weight excluding hydrogens is 396 g/mol. The Bertz CT molecular complexity index is 1090. The van der Waals surface area contributed by atoms with Gasteiger partial charge >= 0.3 is 0 Å². The van der Waals surface area contributed by atoms with Crippen molar-refractivity contribution in [3.05, 3.63) is 47.9 Å². The number of fused-ring (bicyclic) bond motifs is 2. The third-order valence-corrected chi connectivity index (χ3v) is 5.88. The molecule has 1 aromatic carbocycles. The van der Waals surface area contributed by atoms with Crippen molar-refractivity contribution in [2.75, 3.05) is 26.4 Å². The maximum Gasteiger partial charge on any atom is 0.253 e. The van der Waals surface area contributed by atoms with Gasteiger partial charge in [-0.1, -0.05) is 6.07 Å². The first kappa shape index (κ1) is 19.8. The summed E-state index contributed by atoms with van der Waals surface area (Å²) < 4.78 is 19.0. The smallest absolute Gasteiger partial charge is 0.253 e. The van der Waals surface area contributed by atoms with Gasteiger partial charge in [-0.2, -0.15) is 0 Å². The van der Waals surface area contributed by atoms with E-state index in [1.54, 1.807) is 12.3 Å². The van der Waals surface area contributed by atoms with Gasteiger partial charge in [0.05, 0.1) is 31.1 Å². The number of aromatic nitrogens is 3. The number of carbonyl (C=O) groups is 1. The van der Waals surface area contributed by atoms with Crippen LogP contribution < -0.4 is 14.8 Å². The lowest BCUT2D eigenvalue weighted by atomic mass is 10.1. The Morgan fingerprint density at radius 1 is 1.10 bits per heavy atom. The number of amides is 1. The number of benzene rings is 1. The summed E-state index contributed by atoms with van der Waals surface area (Å²) in [7, 11) is 0. The zero-order valence-electron chi connectivity index (χ0n) is 17.5. The highest BCUT2D eigenvalue weighted by atomic mass is 16.5. The van der Waals surface area contributed by atoms with Gasteiger partial charge in [-0.3, -0.25) is 4.79 Å². The fraction of sp³-hybridized carbons (Fsp3) is 0.435. The third-order valence-electron chi connectivity index (χ3n) is 5.88. The van der Waals surface area contributed by atoms with E-state index in [9.17, 15) is 4.79 Å². The van der Waals surface area contributed by atoms with E-state index in [-0.39, 0.29) is 11.9 Å². The molecule has 1 atom stereocenters. The van der Waals surface area contributed by atoms with E-state index in [4.69, 9.17) is 14.2 Å². The molecule has 0 spiro atoms. The molecule has 0 radical (unpaired) electrons. The highest BCUT2D eigenvalue weighted by molar-refractivity contribution is 5.96. The molecule has 0 bridgehead atoms. The second-order valence-corrected chi connectivity index (χ2v) is 8.01. The lowest BCUT2D eigenvalue weighted by Gasteiger charge is -2.23. The predicted octanol–water partition coefficient (Wildman–Crippen LogP) is 3.44. The first-order valence-corrected chi connectivity index (χ1v) is 10.8. The molecule has 5 rings (SSSR count). The Morgan fingerprint density at radius 2 is 1.90 bits per heavy atom. The van der Waals surface area contributed by atoms with Crippen LogP contribution in [0.1, 0.15) is 54.2 Å². The second kappa shape index (κ2) is 8.55. The topological polar surface area (TPSA) is 87.5 Å². The van der Waals surface area contributed by atoms with Gasteiger partial charge in [0.25, 0.3) is 5.91 Å². The fourth-order valence-corrected chi connectivity index (χ4v) is 4.09. The van der Waals surface area contributed by atoms with Crippen LogP contribution in [0.4, 0.5) is 0 Å². The maximum atomic E-state index is 12.9. The minimum atomic E-state index is -0.194. The van der Waals surface area contributed by atoms with Crippen molar-refractivity contribution < 1.29 is 19.0 Å². The number of carbonyl (C=O) groups excluding carboxylic acids is 1. The number of hydrogen-bond donors (Lipinski definition) is 1. The number of pyridine rings is 1. The molecule has 8 nitrogen and oxygen atoms in total. The molecule has 4 heterocycles. The molecular formula is C23H26N4O4. The minimum absolute atomic E-state index is 0.186. The Hall–Kier alpha value is -3.13. The van der Waals surface area contributed by atoms with Crippen LogP contribution in [0.3, 0.4) is 0 Å². The van der Waals surface area contributed by atoms with Gasteiger partial charge in [0.2, 0.25) is 0 Å². The number of hydrogen-bond acceptors (Lipinski definition) is 6. The largest absolute Gasteiger partial charge is 0.490 e. The van der Waals surface area contributed by atoms with E-state index in [1.165, 1.54) is 0 Å². The quantitative estimate of drug-likeness (QED) is 0.693. The third kappa shape index (κ3) is 4.07. The first-order chi connectivity index (χ1) is 15.2. The Morgan fingerprint density at radius 3 is 2.74 bits per heavy atom. The van der Waals surface area contributed by atoms with Crippen molar-refractivity contribution in [1.82, 2.24) is 19.9 Å². The summed E-state index contributed by atoms with van der Waals surface area (Å²) in [5.41, 5.74) is 2.98. The van der Waals surface area contributed by atoms with Gasteiger partial charge in [0.15, 0.2) is 17.1 Å². The zero-order chi connectivity index (χ0) is 21.2. The predicted molar refractivity (Wildman–Crippen MR) is 115 cm³/mol. The van der Waals surface area contributed by atoms with Crippen molar-refractivity contribution in [2.24, 2.45) is 0 Å². The molecule has 2 aromatic heterocycles. The summed E-state index contributed by atoms with van der Waals surface area (Å²) in [6.07, 6.45) is 6.19. The minimum Gasteiger partial charge on any atom is -0.490 e. The number of ether oxygens (including phenoxy) is 3. The lowest BCUT2D eigenvalue weighted by Crippen LogP contribution is -2.26. The highest BCUT2D eigenvalue weighted by Crippen LogP contribution is 2.32. The van der Waals surface area contributed by atoms with E-state index in [2.05, 4.69) is 19.9 Å². The van der Waals surface area contributed by atoms with Crippen molar-refractivity contribution in [2.45, 2.75) is 38.3 Å². The summed E-state index contributed by atoms with van der Waals surface area (Å²) in [4.78, 5) is 21.9. The Kier molecular flexibility index (Phi) is 5.46. The fourth-order valence-electron chi connectivity index (χ4n) is 4.09. The molecule has 1 N–H and O–H groups in total. The number of nitrogens with zero attached hydrogens (tertiary/aromatic N) is 3. The standard InChI is InChI=1S/C23H26N4O4/c1-15(16-3-4-20-21(12-16)31-8-2-7-30-20)26-23(28)17-11-19-22(24-13-17)27(14-25-19)18-5-9-29-10-6-18/h3-4,11-15,18H,2,5-10H2,1H3,(H,26,28). The van der Waals surface area contributed by atoms with Gasteiger partial charge in [0, 0.05) is 31.9 Å². The van der Waals surface area contributed by atoms with Gasteiger partial charge in [0.1, 0.15) is 5.52 Å². The van der Waals surface area contributed by atoms with Crippen LogP contribution in [0.2, 0.25) is 0 Å². The molecule has 2 aliphatic rings. The molecule has 2 aliphatic heterocycles. The second-order valence-electron chi connectivity index (χ2n) is 8.01. The van der Waals surface area contributed by atoms with Crippen LogP contribution >= 0.6 is 0 Å². The van der Waals surface area contributed by atoms with Crippen LogP contribution in [0.15, 0.2) is 36.8 Å². The molecule has 1 fully saturated rings. The number of rotatable bonds is 4. The normalized spacial score (nSPS) is 17.8. The summed E-state index contributed by atoms with van der Waals surface area (Å²) >= 11 is 0. The van der Waals surface area contributed by atoms with Crippen LogP contribution in [-0.2, 0) is 4.74 Å². The summed E-state index contributed by atoms with van der Waals surface area (Å²) in [6, 6.07) is 7.73. The van der Waals surface area contributed by atoms with E-state index >= 15 is 0 Å². The van der Waals surface area contributed by atoms with Crippen LogP contribution in [0.25, 0.3) is 11.2 Å². The molecule has 162 valence electrons. The average molecular weight is 422 g/mol. The van der Waals surface area contributed by atoms with E-state index < -0.39 is 0 Å². The summed E-state index contributed by atoms with van der Waals surface area (Å²) in [5.74, 6) is 1.28. The number of nitrogens with one attached hydrogen (secondary N) is 1. The monoisotopic (exact) mass is 422 g/mol. The lowest BCUT2D eigenvalue weighted by molar-refractivity contribution is 0.0704. The highest BCUT2D eigenvalue weighted by Gasteiger charge is 2.20. The van der Waals surface area contributed by atoms with Crippen molar-refractivity contribution in [3.63, 3.8) is 0 Å². The van der Waals surface area contributed by atoms with Crippen LogP contribution in [0, 0.1) is 0 Å². The SMILES string of the molecule is CC(NC(=O)c1cnc2c(c1)ncn2C1CCOCC1)c1ccc2c(c1)OCCCO2. The van der Waals surface area contributed by atoms with Gasteiger partial charge in [-0.15, -0.1) is 0 Å². The molecule has 1 amide bonds. The first-order valence-electron chi connectivity index (χ1n) is 10.8. The van der Waals surface area contributed by atoms with E-state index in [1.807, 2.05) is 31.5 Å². The van der Waals surface area contributed by atoms with Crippen molar-refractivity contribution >= 4 is 17.1 Å². The van der Waals surface area contributed by atoms with Crippen LogP contribution in [0.5, 0.6) is 11.5 Å². The molecule has 0 aliphatic carbocycles. The van der Waals surface area contributed by atoms with E-state index in [0.717, 1.165) is 60.7 Å². The van der Waals surface area contributed by atoms with E-state index in [0.29, 0.717) is 24.8 Å². The van der Waals surface area contributed by atoms with Gasteiger partial charge < -0.3 is 24.1 Å². The summed E-state index contributed by atoms with van der Waals surface area (Å²) in [6.45, 7) is 4.73. The molecule has 0 saturated carbocycles. The Balaban J connectivity index is 1.31. The van der Waals surface area contributed by atoms with Gasteiger partial charge in [-0.25, -0.2) is 9.97 Å². The molecule has 8 heteroatoms. The molecule has 1 unspecified atom stereocenters. The van der Waals surface area contributed by atoms with Crippen molar-refractivity contribution in [1.29, 1.82) is 0 Å². The molecule has 1 saturated heterocycles. The van der Waals surface area contributed by atoms with Gasteiger partial charge in [-0.05, 0) is 43.5 Å². The Labute approximate surface area is 180 Å². The average Bonchev–Trinajstić information content (AvgIpc) is 3.08.